The van der Waals surface area contributed by atoms with Crippen molar-refractivity contribution in [1.82, 2.24) is 0 Å². The number of hydrogen-bond donors (Lipinski definition) is 1. The topological polar surface area (TPSA) is 55.4 Å². The second-order valence-electron chi connectivity index (χ2n) is 5.42. The molecule has 2 aromatic carbocycles. The number of amides is 1. The molecule has 0 unspecified atom stereocenters. The standard InChI is InChI=1S/C19H20ClNO3S/c1-3-24-19(23)15-8-7-13(2)17(10-15)21-18(22)12-25-11-14-5-4-6-16(20)9-14/h4-10H,3,11-12H2,1-2H3,(H,21,22). The molecular weight excluding hydrogens is 358 g/mol. The Bertz CT molecular complexity index is 764. The van der Waals surface area contributed by atoms with E-state index < -0.39 is 5.97 Å². The zero-order chi connectivity index (χ0) is 18.2. The van der Waals surface area contributed by atoms with E-state index in [2.05, 4.69) is 5.32 Å². The molecule has 6 heteroatoms. The van der Waals surface area contributed by atoms with E-state index in [1.807, 2.05) is 31.2 Å². The Balaban J connectivity index is 1.91. The Labute approximate surface area is 156 Å². The minimum Gasteiger partial charge on any atom is -0.462 e. The maximum Gasteiger partial charge on any atom is 0.338 e. The zero-order valence-corrected chi connectivity index (χ0v) is 15.7. The summed E-state index contributed by atoms with van der Waals surface area (Å²) in [4.78, 5) is 24.0. The van der Waals surface area contributed by atoms with Crippen molar-refractivity contribution in [2.24, 2.45) is 0 Å². The highest BCUT2D eigenvalue weighted by molar-refractivity contribution is 7.99. The van der Waals surface area contributed by atoms with Gasteiger partial charge < -0.3 is 10.1 Å². The van der Waals surface area contributed by atoms with E-state index in [0.717, 1.165) is 11.1 Å². The fourth-order valence-electron chi connectivity index (χ4n) is 2.17. The molecule has 0 heterocycles. The molecule has 0 aliphatic heterocycles. The summed E-state index contributed by atoms with van der Waals surface area (Å²) in [5.74, 6) is 0.510. The van der Waals surface area contributed by atoms with Gasteiger partial charge in [0, 0.05) is 16.5 Å². The first kappa shape index (κ1) is 19.3. The van der Waals surface area contributed by atoms with Crippen LogP contribution in [0.5, 0.6) is 0 Å². The largest absolute Gasteiger partial charge is 0.462 e. The summed E-state index contributed by atoms with van der Waals surface area (Å²) in [6.07, 6.45) is 0. The number of ether oxygens (including phenoxy) is 1. The number of anilines is 1. The Morgan fingerprint density at radius 2 is 2.00 bits per heavy atom. The summed E-state index contributed by atoms with van der Waals surface area (Å²) < 4.78 is 4.98. The summed E-state index contributed by atoms with van der Waals surface area (Å²) in [6.45, 7) is 3.95. The highest BCUT2D eigenvalue weighted by Gasteiger charge is 2.11. The van der Waals surface area contributed by atoms with Crippen LogP contribution < -0.4 is 5.32 Å². The molecule has 0 aliphatic carbocycles. The van der Waals surface area contributed by atoms with Gasteiger partial charge in [-0.05, 0) is 49.2 Å². The van der Waals surface area contributed by atoms with Gasteiger partial charge in [0.25, 0.3) is 0 Å². The molecule has 1 amide bonds. The molecule has 0 bridgehead atoms. The third-order valence-corrected chi connectivity index (χ3v) is 4.65. The summed E-state index contributed by atoms with van der Waals surface area (Å²) in [7, 11) is 0. The lowest BCUT2D eigenvalue weighted by atomic mass is 10.1. The Morgan fingerprint density at radius 1 is 1.20 bits per heavy atom. The maximum absolute atomic E-state index is 12.2. The normalized spacial score (nSPS) is 10.4. The predicted molar refractivity (Wildman–Crippen MR) is 103 cm³/mol. The van der Waals surface area contributed by atoms with Crippen LogP contribution in [0.4, 0.5) is 5.69 Å². The van der Waals surface area contributed by atoms with Crippen LogP contribution in [0, 0.1) is 6.92 Å². The van der Waals surface area contributed by atoms with E-state index in [1.165, 1.54) is 11.8 Å². The van der Waals surface area contributed by atoms with Gasteiger partial charge in [-0.15, -0.1) is 11.8 Å². The average molecular weight is 378 g/mol. The number of rotatable bonds is 7. The third-order valence-electron chi connectivity index (χ3n) is 3.41. The maximum atomic E-state index is 12.2. The number of thioether (sulfide) groups is 1. The number of benzene rings is 2. The summed E-state index contributed by atoms with van der Waals surface area (Å²) in [5.41, 5.74) is 3.01. The Kier molecular flexibility index (Phi) is 7.34. The van der Waals surface area contributed by atoms with E-state index in [4.69, 9.17) is 16.3 Å². The van der Waals surface area contributed by atoms with Crippen LogP contribution in [0.15, 0.2) is 42.5 Å². The number of carbonyl (C=O) groups excluding carboxylic acids is 2. The second-order valence-corrected chi connectivity index (χ2v) is 6.84. The summed E-state index contributed by atoms with van der Waals surface area (Å²) in [5, 5.41) is 3.54. The molecule has 0 atom stereocenters. The predicted octanol–water partition coefficient (Wildman–Crippen LogP) is 4.70. The van der Waals surface area contributed by atoms with E-state index in [-0.39, 0.29) is 5.91 Å². The van der Waals surface area contributed by atoms with E-state index in [0.29, 0.717) is 34.4 Å². The Hall–Kier alpha value is -1.98. The van der Waals surface area contributed by atoms with Crippen LogP contribution >= 0.6 is 23.4 Å². The van der Waals surface area contributed by atoms with Crippen molar-refractivity contribution in [3.63, 3.8) is 0 Å². The molecule has 4 nitrogen and oxygen atoms in total. The van der Waals surface area contributed by atoms with Gasteiger partial charge in [0.1, 0.15) is 0 Å². The first-order valence-corrected chi connectivity index (χ1v) is 9.42. The second kappa shape index (κ2) is 9.49. The minimum atomic E-state index is -0.395. The number of halogens is 1. The van der Waals surface area contributed by atoms with E-state index >= 15 is 0 Å². The molecule has 2 aromatic rings. The molecule has 0 fully saturated rings. The van der Waals surface area contributed by atoms with Gasteiger partial charge in [0.15, 0.2) is 0 Å². The molecule has 0 spiro atoms. The third kappa shape index (κ3) is 6.11. The van der Waals surface area contributed by atoms with Crippen LogP contribution in [-0.2, 0) is 15.3 Å². The molecule has 2 rings (SSSR count). The molecule has 0 saturated carbocycles. The van der Waals surface area contributed by atoms with Crippen molar-refractivity contribution in [3.8, 4) is 0 Å². The van der Waals surface area contributed by atoms with Crippen molar-refractivity contribution < 1.29 is 14.3 Å². The lowest BCUT2D eigenvalue weighted by molar-refractivity contribution is -0.113. The van der Waals surface area contributed by atoms with Crippen molar-refractivity contribution in [3.05, 3.63) is 64.2 Å². The van der Waals surface area contributed by atoms with Crippen LogP contribution in [0.2, 0.25) is 5.02 Å². The Morgan fingerprint density at radius 3 is 2.72 bits per heavy atom. The number of nitrogens with one attached hydrogen (secondary N) is 1. The molecule has 25 heavy (non-hydrogen) atoms. The van der Waals surface area contributed by atoms with E-state index in [9.17, 15) is 9.59 Å². The first-order valence-electron chi connectivity index (χ1n) is 7.89. The van der Waals surface area contributed by atoms with Crippen molar-refractivity contribution >= 4 is 40.9 Å². The van der Waals surface area contributed by atoms with Crippen LogP contribution in [0.3, 0.4) is 0 Å². The lowest BCUT2D eigenvalue weighted by Gasteiger charge is -2.10. The van der Waals surface area contributed by atoms with Gasteiger partial charge in [0.2, 0.25) is 5.91 Å². The number of esters is 1. The smallest absolute Gasteiger partial charge is 0.338 e. The van der Waals surface area contributed by atoms with Crippen molar-refractivity contribution in [1.29, 1.82) is 0 Å². The van der Waals surface area contributed by atoms with Gasteiger partial charge in [-0.3, -0.25) is 4.79 Å². The zero-order valence-electron chi connectivity index (χ0n) is 14.2. The molecule has 0 saturated heterocycles. The number of hydrogen-bond acceptors (Lipinski definition) is 4. The number of aryl methyl sites for hydroxylation is 1. The van der Waals surface area contributed by atoms with Crippen molar-refractivity contribution in [2.45, 2.75) is 19.6 Å². The van der Waals surface area contributed by atoms with E-state index in [1.54, 1.807) is 25.1 Å². The van der Waals surface area contributed by atoms with Gasteiger partial charge >= 0.3 is 5.97 Å². The quantitative estimate of drug-likeness (QED) is 0.711. The molecule has 0 aliphatic rings. The molecule has 132 valence electrons. The van der Waals surface area contributed by atoms with Crippen LogP contribution in [0.1, 0.15) is 28.4 Å². The first-order chi connectivity index (χ1) is 12.0. The fourth-order valence-corrected chi connectivity index (χ4v) is 3.16. The summed E-state index contributed by atoms with van der Waals surface area (Å²) >= 11 is 7.45. The highest BCUT2D eigenvalue weighted by Crippen LogP contribution is 2.20. The van der Waals surface area contributed by atoms with Gasteiger partial charge in [-0.25, -0.2) is 4.79 Å². The lowest BCUT2D eigenvalue weighted by Crippen LogP contribution is -2.16. The highest BCUT2D eigenvalue weighted by atomic mass is 35.5. The van der Waals surface area contributed by atoms with Crippen molar-refractivity contribution in [2.75, 3.05) is 17.7 Å². The molecular formula is C19H20ClNO3S. The molecule has 1 N–H and O–H groups in total. The molecule has 0 aromatic heterocycles. The minimum absolute atomic E-state index is 0.115. The summed E-state index contributed by atoms with van der Waals surface area (Å²) in [6, 6.07) is 12.7. The van der Waals surface area contributed by atoms with Gasteiger partial charge in [-0.1, -0.05) is 29.8 Å². The molecule has 0 radical (unpaired) electrons. The SMILES string of the molecule is CCOC(=O)c1ccc(C)c(NC(=O)CSCc2cccc(Cl)c2)c1. The van der Waals surface area contributed by atoms with Gasteiger partial charge in [-0.2, -0.15) is 0 Å². The number of carbonyl (C=O) groups is 2. The monoisotopic (exact) mass is 377 g/mol. The van der Waals surface area contributed by atoms with Crippen LogP contribution in [0.25, 0.3) is 0 Å². The van der Waals surface area contributed by atoms with Gasteiger partial charge in [0.05, 0.1) is 17.9 Å². The average Bonchev–Trinajstić information content (AvgIpc) is 2.57. The fraction of sp³-hybridized carbons (Fsp3) is 0.263. The van der Waals surface area contributed by atoms with Crippen LogP contribution in [-0.4, -0.2) is 24.2 Å².